The SMILES string of the molecule is OC1CCOC1c1ccnc(Cl)n1. The van der Waals surface area contributed by atoms with Crippen LogP contribution in [-0.4, -0.2) is 27.8 Å². The first kappa shape index (κ1) is 8.87. The maximum Gasteiger partial charge on any atom is 0.222 e. The fourth-order valence-corrected chi connectivity index (χ4v) is 1.52. The van der Waals surface area contributed by atoms with E-state index in [1.165, 1.54) is 0 Å². The molecule has 1 saturated heterocycles. The largest absolute Gasteiger partial charge is 0.390 e. The van der Waals surface area contributed by atoms with Gasteiger partial charge in [0, 0.05) is 6.20 Å². The second-order valence-electron chi connectivity index (χ2n) is 2.90. The molecule has 1 N–H and O–H groups in total. The van der Waals surface area contributed by atoms with Crippen molar-refractivity contribution in [1.82, 2.24) is 9.97 Å². The van der Waals surface area contributed by atoms with E-state index in [1.807, 2.05) is 0 Å². The molecule has 13 heavy (non-hydrogen) atoms. The molecule has 2 unspecified atom stereocenters. The molecule has 0 spiro atoms. The van der Waals surface area contributed by atoms with Gasteiger partial charge >= 0.3 is 0 Å². The molecule has 1 aromatic rings. The molecule has 0 amide bonds. The first-order chi connectivity index (χ1) is 6.27. The zero-order valence-corrected chi connectivity index (χ0v) is 7.61. The maximum atomic E-state index is 9.50. The minimum absolute atomic E-state index is 0.181. The third-order valence-electron chi connectivity index (χ3n) is 2.00. The molecule has 2 heterocycles. The smallest absolute Gasteiger partial charge is 0.222 e. The van der Waals surface area contributed by atoms with Crippen LogP contribution in [0.1, 0.15) is 18.2 Å². The topological polar surface area (TPSA) is 55.2 Å². The highest BCUT2D eigenvalue weighted by Gasteiger charge is 2.28. The Kier molecular flexibility index (Phi) is 2.44. The standard InChI is InChI=1S/C8H9ClN2O2/c9-8-10-3-1-5(11-8)7-6(12)2-4-13-7/h1,3,6-7,12H,2,4H2. The van der Waals surface area contributed by atoms with Crippen molar-refractivity contribution in [2.45, 2.75) is 18.6 Å². The predicted octanol–water partition coefficient (Wildman–Crippen LogP) is 0.952. The number of aliphatic hydroxyl groups is 1. The van der Waals surface area contributed by atoms with Crippen molar-refractivity contribution in [1.29, 1.82) is 0 Å². The van der Waals surface area contributed by atoms with Crippen LogP contribution in [0.15, 0.2) is 12.3 Å². The van der Waals surface area contributed by atoms with E-state index in [0.717, 1.165) is 0 Å². The van der Waals surface area contributed by atoms with Gasteiger partial charge in [-0.2, -0.15) is 0 Å². The van der Waals surface area contributed by atoms with Crippen molar-refractivity contribution in [3.8, 4) is 0 Å². The lowest BCUT2D eigenvalue weighted by molar-refractivity contribution is 0.0388. The number of hydrogen-bond acceptors (Lipinski definition) is 4. The van der Waals surface area contributed by atoms with E-state index in [1.54, 1.807) is 12.3 Å². The fraction of sp³-hybridized carbons (Fsp3) is 0.500. The lowest BCUT2D eigenvalue weighted by Crippen LogP contribution is -2.13. The number of nitrogens with zero attached hydrogens (tertiary/aromatic N) is 2. The zero-order chi connectivity index (χ0) is 9.26. The van der Waals surface area contributed by atoms with Crippen molar-refractivity contribution in [2.24, 2.45) is 0 Å². The van der Waals surface area contributed by atoms with Gasteiger partial charge in [-0.3, -0.25) is 0 Å². The summed E-state index contributed by atoms with van der Waals surface area (Å²) < 4.78 is 5.31. The number of aromatic nitrogens is 2. The highest BCUT2D eigenvalue weighted by molar-refractivity contribution is 6.28. The monoisotopic (exact) mass is 200 g/mol. The van der Waals surface area contributed by atoms with Crippen LogP contribution in [0.5, 0.6) is 0 Å². The Morgan fingerprint density at radius 1 is 1.62 bits per heavy atom. The molecule has 0 aromatic carbocycles. The van der Waals surface area contributed by atoms with Crippen LogP contribution in [0.4, 0.5) is 0 Å². The predicted molar refractivity (Wildman–Crippen MR) is 46.4 cm³/mol. The van der Waals surface area contributed by atoms with Crippen LogP contribution < -0.4 is 0 Å². The van der Waals surface area contributed by atoms with E-state index in [-0.39, 0.29) is 11.4 Å². The first-order valence-electron chi connectivity index (χ1n) is 4.05. The third kappa shape index (κ3) is 1.80. The lowest BCUT2D eigenvalue weighted by Gasteiger charge is -2.12. The minimum Gasteiger partial charge on any atom is -0.390 e. The highest BCUT2D eigenvalue weighted by atomic mass is 35.5. The Morgan fingerprint density at radius 2 is 2.46 bits per heavy atom. The third-order valence-corrected chi connectivity index (χ3v) is 2.18. The molecule has 0 radical (unpaired) electrons. The molecule has 4 nitrogen and oxygen atoms in total. The molecule has 1 fully saturated rings. The number of ether oxygens (including phenoxy) is 1. The molecule has 0 aliphatic carbocycles. The molecule has 1 aliphatic heterocycles. The first-order valence-corrected chi connectivity index (χ1v) is 4.43. The van der Waals surface area contributed by atoms with Crippen molar-refractivity contribution >= 4 is 11.6 Å². The van der Waals surface area contributed by atoms with Gasteiger partial charge in [0.05, 0.1) is 18.4 Å². The molecule has 0 bridgehead atoms. The van der Waals surface area contributed by atoms with Crippen molar-refractivity contribution in [2.75, 3.05) is 6.61 Å². The summed E-state index contributed by atoms with van der Waals surface area (Å²) >= 11 is 5.61. The van der Waals surface area contributed by atoms with Gasteiger partial charge in [0.15, 0.2) is 0 Å². The molecule has 5 heteroatoms. The minimum atomic E-state index is -0.481. The molecule has 1 aliphatic rings. The van der Waals surface area contributed by atoms with Gasteiger partial charge in [0.1, 0.15) is 6.10 Å². The van der Waals surface area contributed by atoms with Gasteiger partial charge in [0.25, 0.3) is 0 Å². The highest BCUT2D eigenvalue weighted by Crippen LogP contribution is 2.27. The molecule has 70 valence electrons. The normalized spacial score (nSPS) is 27.8. The van der Waals surface area contributed by atoms with Gasteiger partial charge in [-0.25, -0.2) is 9.97 Å². The van der Waals surface area contributed by atoms with Crippen LogP contribution in [0, 0.1) is 0 Å². The summed E-state index contributed by atoms with van der Waals surface area (Å²) in [6.07, 6.45) is 1.37. The molecular formula is C8H9ClN2O2. The van der Waals surface area contributed by atoms with Gasteiger partial charge in [0.2, 0.25) is 5.28 Å². The Bertz CT molecular complexity index is 308. The van der Waals surface area contributed by atoms with Crippen LogP contribution in [-0.2, 0) is 4.74 Å². The summed E-state index contributed by atoms with van der Waals surface area (Å²) in [5.41, 5.74) is 0.644. The fourth-order valence-electron chi connectivity index (χ4n) is 1.37. The van der Waals surface area contributed by atoms with Crippen molar-refractivity contribution < 1.29 is 9.84 Å². The Balaban J connectivity index is 2.24. The van der Waals surface area contributed by atoms with Crippen molar-refractivity contribution in [3.63, 3.8) is 0 Å². The van der Waals surface area contributed by atoms with Crippen molar-refractivity contribution in [3.05, 3.63) is 23.2 Å². The maximum absolute atomic E-state index is 9.50. The van der Waals surface area contributed by atoms with Gasteiger partial charge in [-0.1, -0.05) is 0 Å². The number of rotatable bonds is 1. The van der Waals surface area contributed by atoms with E-state index in [4.69, 9.17) is 16.3 Å². The van der Waals surface area contributed by atoms with E-state index < -0.39 is 6.10 Å². The van der Waals surface area contributed by atoms with Gasteiger partial charge < -0.3 is 9.84 Å². The summed E-state index contributed by atoms with van der Waals surface area (Å²) in [5.74, 6) is 0. The summed E-state index contributed by atoms with van der Waals surface area (Å²) in [6.45, 7) is 0.563. The van der Waals surface area contributed by atoms with Crippen LogP contribution in [0.25, 0.3) is 0 Å². The molecule has 1 aromatic heterocycles. The second-order valence-corrected chi connectivity index (χ2v) is 3.24. The van der Waals surface area contributed by atoms with E-state index in [0.29, 0.717) is 18.7 Å². The summed E-state index contributed by atoms with van der Waals surface area (Å²) in [5, 5.41) is 9.69. The summed E-state index contributed by atoms with van der Waals surface area (Å²) in [4.78, 5) is 7.73. The Morgan fingerprint density at radius 3 is 3.08 bits per heavy atom. The summed E-state index contributed by atoms with van der Waals surface area (Å²) in [6, 6.07) is 1.70. The molecule has 0 saturated carbocycles. The number of hydrogen-bond donors (Lipinski definition) is 1. The lowest BCUT2D eigenvalue weighted by atomic mass is 10.1. The van der Waals surface area contributed by atoms with E-state index in [9.17, 15) is 5.11 Å². The van der Waals surface area contributed by atoms with Gasteiger partial charge in [-0.05, 0) is 24.1 Å². The number of halogens is 1. The molecular weight excluding hydrogens is 192 g/mol. The van der Waals surface area contributed by atoms with E-state index in [2.05, 4.69) is 9.97 Å². The van der Waals surface area contributed by atoms with Crippen LogP contribution in [0.3, 0.4) is 0 Å². The Hall–Kier alpha value is -0.710. The van der Waals surface area contributed by atoms with Gasteiger partial charge in [-0.15, -0.1) is 0 Å². The van der Waals surface area contributed by atoms with E-state index >= 15 is 0 Å². The molecule has 2 rings (SSSR count). The Labute approximate surface area is 80.5 Å². The average molecular weight is 201 g/mol. The second kappa shape index (κ2) is 3.57. The quantitative estimate of drug-likeness (QED) is 0.686. The van der Waals surface area contributed by atoms with Crippen LogP contribution >= 0.6 is 11.6 Å². The average Bonchev–Trinajstić information content (AvgIpc) is 2.51. The zero-order valence-electron chi connectivity index (χ0n) is 6.85. The summed E-state index contributed by atoms with van der Waals surface area (Å²) in [7, 11) is 0. The molecule has 2 atom stereocenters. The van der Waals surface area contributed by atoms with Crippen LogP contribution in [0.2, 0.25) is 5.28 Å². The number of aliphatic hydroxyl groups excluding tert-OH is 1.